The first kappa shape index (κ1) is 18.2. The third-order valence-corrected chi connectivity index (χ3v) is 3.04. The quantitative estimate of drug-likeness (QED) is 0.724. The van der Waals surface area contributed by atoms with Crippen LogP contribution in [0, 0.1) is 12.8 Å². The molecule has 7 heteroatoms. The van der Waals surface area contributed by atoms with Crippen molar-refractivity contribution in [1.82, 2.24) is 5.32 Å². The number of hydrogen-bond donors (Lipinski definition) is 3. The minimum Gasteiger partial charge on any atom is -0.433 e. The molecule has 0 aliphatic carbocycles. The van der Waals surface area contributed by atoms with Gasteiger partial charge >= 0.3 is 12.6 Å². The van der Waals surface area contributed by atoms with E-state index in [0.29, 0.717) is 18.5 Å². The smallest absolute Gasteiger partial charge is 0.387 e. The summed E-state index contributed by atoms with van der Waals surface area (Å²) in [5, 5.41) is 14.4. The number of aliphatic hydroxyl groups is 1. The largest absolute Gasteiger partial charge is 0.433 e. The highest BCUT2D eigenvalue weighted by Crippen LogP contribution is 2.29. The Morgan fingerprint density at radius 3 is 2.64 bits per heavy atom. The molecule has 0 radical (unpaired) electrons. The maximum absolute atomic E-state index is 12.4. The molecule has 0 saturated heterocycles. The lowest BCUT2D eigenvalue weighted by Crippen LogP contribution is -2.33. The van der Waals surface area contributed by atoms with Gasteiger partial charge in [0.1, 0.15) is 5.75 Å². The topological polar surface area (TPSA) is 70.6 Å². The molecule has 0 fully saturated rings. The number of ether oxygens (including phenoxy) is 1. The van der Waals surface area contributed by atoms with Gasteiger partial charge in [-0.15, -0.1) is 0 Å². The highest BCUT2D eigenvalue weighted by atomic mass is 19.3. The molecular weight excluding hydrogens is 294 g/mol. The fourth-order valence-corrected chi connectivity index (χ4v) is 2.09. The van der Waals surface area contributed by atoms with Gasteiger partial charge in [0.15, 0.2) is 0 Å². The van der Waals surface area contributed by atoms with Gasteiger partial charge in [0, 0.05) is 6.54 Å². The lowest BCUT2D eigenvalue weighted by molar-refractivity contribution is -0.0493. The van der Waals surface area contributed by atoms with Crippen molar-refractivity contribution < 1.29 is 23.4 Å². The predicted octanol–water partition coefficient (Wildman–Crippen LogP) is 3.12. The first-order valence-electron chi connectivity index (χ1n) is 7.07. The summed E-state index contributed by atoms with van der Waals surface area (Å²) in [4.78, 5) is 11.9. The summed E-state index contributed by atoms with van der Waals surface area (Å²) in [5.74, 6) is 0.0154. The number of urea groups is 1. The summed E-state index contributed by atoms with van der Waals surface area (Å²) in [6, 6.07) is 4.11. The highest BCUT2D eigenvalue weighted by Gasteiger charge is 2.14. The Labute approximate surface area is 128 Å². The number of halogens is 2. The lowest BCUT2D eigenvalue weighted by Gasteiger charge is -2.17. The molecule has 124 valence electrons. The normalized spacial score (nSPS) is 13.6. The number of aliphatic hydroxyl groups excluding tert-OH is 1. The van der Waals surface area contributed by atoms with Gasteiger partial charge in [0.05, 0.1) is 11.8 Å². The average molecular weight is 316 g/mol. The first-order chi connectivity index (χ1) is 10.3. The van der Waals surface area contributed by atoms with E-state index in [1.807, 2.05) is 6.92 Å². The molecule has 0 heterocycles. The zero-order chi connectivity index (χ0) is 16.7. The van der Waals surface area contributed by atoms with Crippen LogP contribution in [-0.4, -0.2) is 30.4 Å². The van der Waals surface area contributed by atoms with Gasteiger partial charge in [0.2, 0.25) is 0 Å². The van der Waals surface area contributed by atoms with E-state index in [1.54, 1.807) is 26.0 Å². The van der Waals surface area contributed by atoms with Gasteiger partial charge in [-0.3, -0.25) is 0 Å². The molecule has 1 rings (SSSR count). The van der Waals surface area contributed by atoms with Crippen LogP contribution in [0.15, 0.2) is 18.2 Å². The number of carbonyl (C=O) groups is 1. The lowest BCUT2D eigenvalue weighted by atomic mass is 10.1. The molecular formula is C15H22F2N2O3. The molecule has 1 aromatic carbocycles. The monoisotopic (exact) mass is 316 g/mol. The molecule has 0 aromatic heterocycles. The minimum absolute atomic E-state index is 0.0813. The van der Waals surface area contributed by atoms with Gasteiger partial charge in [0.25, 0.3) is 0 Å². The molecule has 0 aliphatic rings. The number of nitrogens with one attached hydrogen (secondary N) is 2. The summed E-state index contributed by atoms with van der Waals surface area (Å²) < 4.78 is 29.1. The number of amides is 2. The number of anilines is 1. The molecule has 2 amide bonds. The SMILES string of the molecule is Cc1cccc(OC(F)F)c1NC(=O)NCC(C)CC(C)O. The number of aryl methyl sites for hydroxylation is 1. The van der Waals surface area contributed by atoms with Gasteiger partial charge in [-0.25, -0.2) is 4.79 Å². The zero-order valence-corrected chi connectivity index (χ0v) is 12.9. The molecule has 3 N–H and O–H groups in total. The molecule has 5 nitrogen and oxygen atoms in total. The molecule has 2 unspecified atom stereocenters. The molecule has 2 atom stereocenters. The number of alkyl halides is 2. The number of hydrogen-bond acceptors (Lipinski definition) is 3. The highest BCUT2D eigenvalue weighted by molar-refractivity contribution is 5.91. The van der Waals surface area contributed by atoms with Crippen molar-refractivity contribution in [2.45, 2.75) is 39.9 Å². The number of rotatable bonds is 7. The van der Waals surface area contributed by atoms with Crippen LogP contribution in [0.2, 0.25) is 0 Å². The van der Waals surface area contributed by atoms with Crippen LogP contribution >= 0.6 is 0 Å². The van der Waals surface area contributed by atoms with Crippen LogP contribution in [0.1, 0.15) is 25.8 Å². The second-order valence-corrected chi connectivity index (χ2v) is 5.35. The Balaban J connectivity index is 2.64. The fourth-order valence-electron chi connectivity index (χ4n) is 2.09. The van der Waals surface area contributed by atoms with Crippen LogP contribution in [0.5, 0.6) is 5.75 Å². The van der Waals surface area contributed by atoms with Gasteiger partial charge in [-0.2, -0.15) is 8.78 Å². The van der Waals surface area contributed by atoms with E-state index in [1.165, 1.54) is 6.07 Å². The van der Waals surface area contributed by atoms with E-state index in [4.69, 9.17) is 0 Å². The van der Waals surface area contributed by atoms with Crippen LogP contribution in [0.4, 0.5) is 19.3 Å². The first-order valence-corrected chi connectivity index (χ1v) is 7.07. The van der Waals surface area contributed by atoms with E-state index in [-0.39, 0.29) is 17.4 Å². The van der Waals surface area contributed by atoms with Crippen LogP contribution in [0.3, 0.4) is 0 Å². The molecule has 0 bridgehead atoms. The van der Waals surface area contributed by atoms with E-state index in [0.717, 1.165) is 0 Å². The molecule has 22 heavy (non-hydrogen) atoms. The Morgan fingerprint density at radius 2 is 2.05 bits per heavy atom. The summed E-state index contributed by atoms with van der Waals surface area (Å²) >= 11 is 0. The van der Waals surface area contributed by atoms with E-state index >= 15 is 0 Å². The third kappa shape index (κ3) is 6.26. The second kappa shape index (κ2) is 8.53. The van der Waals surface area contributed by atoms with Gasteiger partial charge < -0.3 is 20.5 Å². The third-order valence-electron chi connectivity index (χ3n) is 3.04. The summed E-state index contributed by atoms with van der Waals surface area (Å²) in [5.41, 5.74) is 0.828. The maximum Gasteiger partial charge on any atom is 0.387 e. The molecule has 0 aliphatic heterocycles. The van der Waals surface area contributed by atoms with E-state index in [9.17, 15) is 18.7 Å². The van der Waals surface area contributed by atoms with Crippen LogP contribution in [-0.2, 0) is 0 Å². The van der Waals surface area contributed by atoms with Crippen molar-refractivity contribution >= 4 is 11.7 Å². The second-order valence-electron chi connectivity index (χ2n) is 5.35. The van der Waals surface area contributed by atoms with Crippen LogP contribution in [0.25, 0.3) is 0 Å². The van der Waals surface area contributed by atoms with Crippen molar-refractivity contribution in [3.63, 3.8) is 0 Å². The Morgan fingerprint density at radius 1 is 1.36 bits per heavy atom. The van der Waals surface area contributed by atoms with Gasteiger partial charge in [-0.05, 0) is 37.8 Å². The maximum atomic E-state index is 12.4. The molecule has 0 saturated carbocycles. The van der Waals surface area contributed by atoms with E-state index < -0.39 is 18.7 Å². The van der Waals surface area contributed by atoms with Crippen molar-refractivity contribution in [3.05, 3.63) is 23.8 Å². The summed E-state index contributed by atoms with van der Waals surface area (Å²) in [6.45, 7) is 2.67. The summed E-state index contributed by atoms with van der Waals surface area (Å²) in [7, 11) is 0. The average Bonchev–Trinajstić information content (AvgIpc) is 2.39. The van der Waals surface area contributed by atoms with Gasteiger partial charge in [-0.1, -0.05) is 19.1 Å². The Bertz CT molecular complexity index is 496. The standard InChI is InChI=1S/C15H22F2N2O3/c1-9(7-11(3)20)8-18-15(21)19-13-10(2)5-4-6-12(13)22-14(16)17/h4-6,9,11,14,20H,7-8H2,1-3H3,(H2,18,19,21). The zero-order valence-electron chi connectivity index (χ0n) is 12.9. The fraction of sp³-hybridized carbons (Fsp3) is 0.533. The summed E-state index contributed by atoms with van der Waals surface area (Å²) in [6.07, 6.45) is 0.118. The van der Waals surface area contributed by atoms with Crippen LogP contribution < -0.4 is 15.4 Å². The van der Waals surface area contributed by atoms with Crippen molar-refractivity contribution in [2.75, 3.05) is 11.9 Å². The van der Waals surface area contributed by atoms with Crippen molar-refractivity contribution in [3.8, 4) is 5.75 Å². The number of benzene rings is 1. The van der Waals surface area contributed by atoms with Crippen molar-refractivity contribution in [1.29, 1.82) is 0 Å². The number of para-hydroxylation sites is 1. The minimum atomic E-state index is -2.96. The van der Waals surface area contributed by atoms with Crippen molar-refractivity contribution in [2.24, 2.45) is 5.92 Å². The predicted molar refractivity (Wildman–Crippen MR) is 80.3 cm³/mol. The molecule has 1 aromatic rings. The Hall–Kier alpha value is -1.89. The number of carbonyl (C=O) groups excluding carboxylic acids is 1. The van der Waals surface area contributed by atoms with E-state index in [2.05, 4.69) is 15.4 Å². The Kier molecular flexibility index (Phi) is 7.04. The molecule has 0 spiro atoms.